The summed E-state index contributed by atoms with van der Waals surface area (Å²) in [6.07, 6.45) is 5.52. The van der Waals surface area contributed by atoms with Gasteiger partial charge in [-0.2, -0.15) is 0 Å². The Balaban J connectivity index is 1.64. The maximum Gasteiger partial charge on any atom is 0.195 e. The number of pyridine rings is 1. The van der Waals surface area contributed by atoms with Gasteiger partial charge in [0, 0.05) is 35.9 Å². The van der Waals surface area contributed by atoms with E-state index in [4.69, 9.17) is 4.74 Å². The SMILES string of the molecule is O=C(c1cncc2ccccc12)C1CN2CCCC2CO1. The van der Waals surface area contributed by atoms with E-state index < -0.39 is 0 Å². The molecule has 0 N–H and O–H groups in total. The molecule has 2 saturated heterocycles. The van der Waals surface area contributed by atoms with E-state index in [1.54, 1.807) is 12.4 Å². The summed E-state index contributed by atoms with van der Waals surface area (Å²) in [4.78, 5) is 19.4. The van der Waals surface area contributed by atoms with Crippen LogP contribution in [0.2, 0.25) is 0 Å². The number of carbonyl (C=O) groups is 1. The highest BCUT2D eigenvalue weighted by molar-refractivity contribution is 6.09. The first-order valence-electron chi connectivity index (χ1n) is 7.55. The van der Waals surface area contributed by atoms with Crippen LogP contribution in [0.25, 0.3) is 10.8 Å². The van der Waals surface area contributed by atoms with Gasteiger partial charge in [0.05, 0.1) is 6.61 Å². The number of morpholine rings is 1. The van der Waals surface area contributed by atoms with Gasteiger partial charge in [0.25, 0.3) is 0 Å². The van der Waals surface area contributed by atoms with E-state index in [-0.39, 0.29) is 11.9 Å². The quantitative estimate of drug-likeness (QED) is 0.793. The number of hydrogen-bond donors (Lipinski definition) is 0. The molecule has 2 unspecified atom stereocenters. The molecule has 0 radical (unpaired) electrons. The van der Waals surface area contributed by atoms with Crippen molar-refractivity contribution in [3.05, 3.63) is 42.2 Å². The lowest BCUT2D eigenvalue weighted by Gasteiger charge is -2.34. The van der Waals surface area contributed by atoms with Crippen LogP contribution in [-0.4, -0.2) is 47.5 Å². The van der Waals surface area contributed by atoms with Gasteiger partial charge in [0.1, 0.15) is 6.10 Å². The van der Waals surface area contributed by atoms with Crippen LogP contribution in [0.1, 0.15) is 23.2 Å². The Labute approximate surface area is 123 Å². The number of benzene rings is 1. The molecule has 108 valence electrons. The van der Waals surface area contributed by atoms with Crippen LogP contribution in [0.5, 0.6) is 0 Å². The normalized spacial score (nSPS) is 25.9. The second-order valence-corrected chi connectivity index (χ2v) is 5.89. The number of carbonyl (C=O) groups excluding carboxylic acids is 1. The highest BCUT2D eigenvalue weighted by atomic mass is 16.5. The average molecular weight is 282 g/mol. The zero-order chi connectivity index (χ0) is 14.2. The minimum atomic E-state index is -0.355. The zero-order valence-electron chi connectivity index (χ0n) is 11.9. The molecule has 0 bridgehead atoms. The van der Waals surface area contributed by atoms with Gasteiger partial charge in [-0.25, -0.2) is 0 Å². The van der Waals surface area contributed by atoms with Crippen LogP contribution < -0.4 is 0 Å². The molecule has 2 fully saturated rings. The molecule has 4 rings (SSSR count). The summed E-state index contributed by atoms with van der Waals surface area (Å²) < 4.78 is 5.84. The van der Waals surface area contributed by atoms with Crippen molar-refractivity contribution in [3.8, 4) is 0 Å². The van der Waals surface area contributed by atoms with Crippen LogP contribution in [0.15, 0.2) is 36.7 Å². The number of rotatable bonds is 2. The second-order valence-electron chi connectivity index (χ2n) is 5.89. The lowest BCUT2D eigenvalue weighted by atomic mass is 10.00. The molecule has 2 aliphatic rings. The molecule has 1 aromatic heterocycles. The monoisotopic (exact) mass is 282 g/mol. The van der Waals surface area contributed by atoms with Crippen molar-refractivity contribution in [2.75, 3.05) is 19.7 Å². The van der Waals surface area contributed by atoms with Gasteiger partial charge in [0.2, 0.25) is 0 Å². The second kappa shape index (κ2) is 5.20. The largest absolute Gasteiger partial charge is 0.367 e. The fourth-order valence-electron chi connectivity index (χ4n) is 3.46. The molecule has 0 spiro atoms. The topological polar surface area (TPSA) is 42.4 Å². The number of aromatic nitrogens is 1. The van der Waals surface area contributed by atoms with Gasteiger partial charge in [0.15, 0.2) is 5.78 Å². The molecule has 2 aromatic rings. The summed E-state index contributed by atoms with van der Waals surface area (Å²) in [6, 6.07) is 8.39. The van der Waals surface area contributed by atoms with E-state index in [0.717, 1.165) is 17.3 Å². The predicted octanol–water partition coefficient (Wildman–Crippen LogP) is 2.28. The highest BCUT2D eigenvalue weighted by Gasteiger charge is 2.36. The summed E-state index contributed by atoms with van der Waals surface area (Å²) in [5.74, 6) is 0.0599. The van der Waals surface area contributed by atoms with E-state index in [1.807, 2.05) is 24.3 Å². The minimum absolute atomic E-state index is 0.0599. The van der Waals surface area contributed by atoms with E-state index >= 15 is 0 Å². The third-order valence-electron chi connectivity index (χ3n) is 4.62. The molecule has 2 atom stereocenters. The Morgan fingerprint density at radius 3 is 3.14 bits per heavy atom. The number of nitrogens with zero attached hydrogens (tertiary/aromatic N) is 2. The number of ketones is 1. The first-order valence-corrected chi connectivity index (χ1v) is 7.55. The van der Waals surface area contributed by atoms with Gasteiger partial charge in [-0.05, 0) is 24.8 Å². The lowest BCUT2D eigenvalue weighted by Crippen LogP contribution is -2.49. The Morgan fingerprint density at radius 1 is 1.29 bits per heavy atom. The molecule has 4 nitrogen and oxygen atoms in total. The Bertz CT molecular complexity index is 680. The first kappa shape index (κ1) is 12.9. The van der Waals surface area contributed by atoms with Crippen molar-refractivity contribution in [2.45, 2.75) is 25.0 Å². The van der Waals surface area contributed by atoms with Crippen molar-refractivity contribution >= 4 is 16.6 Å². The molecule has 0 amide bonds. The van der Waals surface area contributed by atoms with Crippen molar-refractivity contribution in [2.24, 2.45) is 0 Å². The molecule has 3 heterocycles. The third-order valence-corrected chi connectivity index (χ3v) is 4.62. The minimum Gasteiger partial charge on any atom is -0.367 e. The van der Waals surface area contributed by atoms with E-state index in [9.17, 15) is 4.79 Å². The van der Waals surface area contributed by atoms with E-state index in [2.05, 4.69) is 9.88 Å². The first-order chi connectivity index (χ1) is 10.3. The lowest BCUT2D eigenvalue weighted by molar-refractivity contribution is -0.0344. The van der Waals surface area contributed by atoms with Crippen LogP contribution >= 0.6 is 0 Å². The van der Waals surface area contributed by atoms with Crippen LogP contribution in [0.4, 0.5) is 0 Å². The molecular formula is C17H18N2O2. The molecule has 0 aliphatic carbocycles. The maximum absolute atomic E-state index is 12.8. The highest BCUT2D eigenvalue weighted by Crippen LogP contribution is 2.25. The number of ether oxygens (including phenoxy) is 1. The van der Waals surface area contributed by atoms with Crippen LogP contribution in [0, 0.1) is 0 Å². The number of fused-ring (bicyclic) bond motifs is 2. The summed E-state index contributed by atoms with van der Waals surface area (Å²) in [7, 11) is 0. The predicted molar refractivity (Wildman–Crippen MR) is 80.4 cm³/mol. The third kappa shape index (κ3) is 2.24. The zero-order valence-corrected chi connectivity index (χ0v) is 11.9. The van der Waals surface area contributed by atoms with Gasteiger partial charge in [-0.1, -0.05) is 24.3 Å². The summed E-state index contributed by atoms with van der Waals surface area (Å²) in [5, 5.41) is 1.96. The van der Waals surface area contributed by atoms with E-state index in [0.29, 0.717) is 24.8 Å². The molecular weight excluding hydrogens is 264 g/mol. The average Bonchev–Trinajstić information content (AvgIpc) is 3.01. The van der Waals surface area contributed by atoms with Gasteiger partial charge in [-0.15, -0.1) is 0 Å². The molecule has 4 heteroatoms. The Morgan fingerprint density at radius 2 is 2.19 bits per heavy atom. The Hall–Kier alpha value is -1.78. The Kier molecular flexibility index (Phi) is 3.20. The summed E-state index contributed by atoms with van der Waals surface area (Å²) in [5.41, 5.74) is 0.677. The van der Waals surface area contributed by atoms with Crippen molar-refractivity contribution in [1.29, 1.82) is 0 Å². The van der Waals surface area contributed by atoms with Crippen LogP contribution in [-0.2, 0) is 4.74 Å². The number of Topliss-reactive ketones (excluding diaryl/α,β-unsaturated/α-hetero) is 1. The van der Waals surface area contributed by atoms with Crippen molar-refractivity contribution < 1.29 is 9.53 Å². The molecule has 0 saturated carbocycles. The number of hydrogen-bond acceptors (Lipinski definition) is 4. The standard InChI is InChI=1S/C17H18N2O2/c20-17(16-10-19-7-3-5-13(19)11-21-16)15-9-18-8-12-4-1-2-6-14(12)15/h1-2,4,6,8-9,13,16H,3,5,7,10-11H2. The van der Waals surface area contributed by atoms with Gasteiger partial charge in [-0.3, -0.25) is 14.7 Å². The maximum atomic E-state index is 12.8. The van der Waals surface area contributed by atoms with Crippen molar-refractivity contribution in [3.63, 3.8) is 0 Å². The van der Waals surface area contributed by atoms with Crippen LogP contribution in [0.3, 0.4) is 0 Å². The van der Waals surface area contributed by atoms with Gasteiger partial charge < -0.3 is 4.74 Å². The van der Waals surface area contributed by atoms with Gasteiger partial charge >= 0.3 is 0 Å². The molecule has 21 heavy (non-hydrogen) atoms. The summed E-state index contributed by atoms with van der Waals surface area (Å²) >= 11 is 0. The molecule has 2 aliphatic heterocycles. The molecule has 1 aromatic carbocycles. The smallest absolute Gasteiger partial charge is 0.195 e. The fraction of sp³-hybridized carbons (Fsp3) is 0.412. The fourth-order valence-corrected chi connectivity index (χ4v) is 3.46. The van der Waals surface area contributed by atoms with Crippen molar-refractivity contribution in [1.82, 2.24) is 9.88 Å². The summed E-state index contributed by atoms with van der Waals surface area (Å²) in [6.45, 7) is 2.48. The van der Waals surface area contributed by atoms with E-state index in [1.165, 1.54) is 12.8 Å².